The summed E-state index contributed by atoms with van der Waals surface area (Å²) in [6.45, 7) is 0. The third kappa shape index (κ3) is 3.91. The van der Waals surface area contributed by atoms with E-state index in [1.54, 1.807) is 18.0 Å². The van der Waals surface area contributed by atoms with Gasteiger partial charge in [-0.25, -0.2) is 4.68 Å². The van der Waals surface area contributed by atoms with Crippen molar-refractivity contribution in [3.63, 3.8) is 0 Å². The lowest BCUT2D eigenvalue weighted by molar-refractivity contribution is -0.113. The minimum atomic E-state index is 0.0198. The number of benzene rings is 1. The Morgan fingerprint density at radius 3 is 2.73 bits per heavy atom. The predicted molar refractivity (Wildman–Crippen MR) is 90.1 cm³/mol. The number of nitrogens with zero attached hydrogens (tertiary/aromatic N) is 2. The molecule has 2 aromatic rings. The molecule has 0 saturated heterocycles. The second-order valence-corrected chi connectivity index (χ2v) is 6.65. The normalized spacial score (nSPS) is 15.6. The van der Waals surface area contributed by atoms with Crippen LogP contribution in [-0.2, 0) is 4.79 Å². The third-order valence-electron chi connectivity index (χ3n) is 3.97. The zero-order valence-corrected chi connectivity index (χ0v) is 13.4. The number of amides is 1. The molecule has 1 aliphatic rings. The first kappa shape index (κ1) is 15.2. The molecule has 1 aliphatic carbocycles. The Morgan fingerprint density at radius 2 is 1.95 bits per heavy atom. The molecule has 1 aromatic carbocycles. The third-order valence-corrected chi connectivity index (χ3v) is 4.98. The minimum Gasteiger partial charge on any atom is -0.310 e. The molecule has 5 heteroatoms. The van der Waals surface area contributed by atoms with Crippen molar-refractivity contribution in [2.75, 3.05) is 11.1 Å². The molecular weight excluding hydrogens is 294 g/mol. The molecule has 4 nitrogen and oxygen atoms in total. The van der Waals surface area contributed by atoms with E-state index in [9.17, 15) is 4.79 Å². The van der Waals surface area contributed by atoms with E-state index in [0.717, 1.165) is 23.6 Å². The average Bonchev–Trinajstić information content (AvgIpc) is 3.03. The van der Waals surface area contributed by atoms with Crippen LogP contribution in [0.5, 0.6) is 0 Å². The molecule has 0 radical (unpaired) electrons. The number of hydrogen-bond acceptors (Lipinski definition) is 3. The first-order valence-electron chi connectivity index (χ1n) is 7.84. The molecule has 1 N–H and O–H groups in total. The maximum atomic E-state index is 12.1. The molecule has 22 heavy (non-hydrogen) atoms. The van der Waals surface area contributed by atoms with Crippen molar-refractivity contribution in [2.24, 2.45) is 0 Å². The van der Waals surface area contributed by atoms with Gasteiger partial charge in [0.1, 0.15) is 5.82 Å². The van der Waals surface area contributed by atoms with Crippen LogP contribution in [0.3, 0.4) is 0 Å². The highest BCUT2D eigenvalue weighted by atomic mass is 32.2. The number of carbonyl (C=O) groups is 1. The van der Waals surface area contributed by atoms with Crippen LogP contribution in [0.1, 0.15) is 38.1 Å². The SMILES string of the molecule is O=C(CSc1ccccc1)Nc1ccnn1C1CCCCC1. The van der Waals surface area contributed by atoms with Crippen LogP contribution in [0.25, 0.3) is 0 Å². The summed E-state index contributed by atoms with van der Waals surface area (Å²) in [6, 6.07) is 12.3. The van der Waals surface area contributed by atoms with Crippen LogP contribution in [0.2, 0.25) is 0 Å². The highest BCUT2D eigenvalue weighted by Crippen LogP contribution is 2.30. The fraction of sp³-hybridized carbons (Fsp3) is 0.412. The van der Waals surface area contributed by atoms with E-state index in [4.69, 9.17) is 0 Å². The zero-order valence-electron chi connectivity index (χ0n) is 12.6. The predicted octanol–water partition coefficient (Wildman–Crippen LogP) is 4.12. The van der Waals surface area contributed by atoms with Gasteiger partial charge in [0.05, 0.1) is 18.0 Å². The molecule has 1 aromatic heterocycles. The number of rotatable bonds is 5. The molecule has 1 saturated carbocycles. The van der Waals surface area contributed by atoms with Gasteiger partial charge in [-0.3, -0.25) is 4.79 Å². The zero-order chi connectivity index (χ0) is 15.2. The van der Waals surface area contributed by atoms with E-state index in [1.807, 2.05) is 41.1 Å². The van der Waals surface area contributed by atoms with E-state index >= 15 is 0 Å². The van der Waals surface area contributed by atoms with Crippen molar-refractivity contribution < 1.29 is 4.79 Å². The summed E-state index contributed by atoms with van der Waals surface area (Å²) in [6.07, 6.45) is 7.90. The lowest BCUT2D eigenvalue weighted by atomic mass is 9.96. The van der Waals surface area contributed by atoms with Crippen LogP contribution < -0.4 is 5.32 Å². The maximum Gasteiger partial charge on any atom is 0.235 e. The van der Waals surface area contributed by atoms with Crippen molar-refractivity contribution in [2.45, 2.75) is 43.0 Å². The summed E-state index contributed by atoms with van der Waals surface area (Å²) in [5.74, 6) is 1.26. The van der Waals surface area contributed by atoms with E-state index in [0.29, 0.717) is 11.8 Å². The van der Waals surface area contributed by atoms with Crippen molar-refractivity contribution in [3.05, 3.63) is 42.6 Å². The van der Waals surface area contributed by atoms with Crippen molar-refractivity contribution in [1.29, 1.82) is 0 Å². The average molecular weight is 315 g/mol. The molecule has 0 aliphatic heterocycles. The Morgan fingerprint density at radius 1 is 1.18 bits per heavy atom. The lowest BCUT2D eigenvalue weighted by Crippen LogP contribution is -2.21. The molecule has 1 heterocycles. The molecule has 1 amide bonds. The molecular formula is C17H21N3OS. The van der Waals surface area contributed by atoms with Gasteiger partial charge in [0, 0.05) is 11.0 Å². The summed E-state index contributed by atoms with van der Waals surface area (Å²) < 4.78 is 1.99. The van der Waals surface area contributed by atoms with E-state index < -0.39 is 0 Å². The quantitative estimate of drug-likeness (QED) is 0.844. The summed E-state index contributed by atoms with van der Waals surface area (Å²) in [7, 11) is 0. The smallest absolute Gasteiger partial charge is 0.235 e. The molecule has 0 unspecified atom stereocenters. The van der Waals surface area contributed by atoms with Gasteiger partial charge in [-0.1, -0.05) is 37.5 Å². The van der Waals surface area contributed by atoms with Gasteiger partial charge in [0.15, 0.2) is 0 Å². The number of anilines is 1. The van der Waals surface area contributed by atoms with Crippen molar-refractivity contribution in [1.82, 2.24) is 9.78 Å². The van der Waals surface area contributed by atoms with Gasteiger partial charge in [-0.05, 0) is 25.0 Å². The van der Waals surface area contributed by atoms with Gasteiger partial charge in [-0.2, -0.15) is 5.10 Å². The van der Waals surface area contributed by atoms with Crippen LogP contribution in [0, 0.1) is 0 Å². The summed E-state index contributed by atoms with van der Waals surface area (Å²) >= 11 is 1.55. The topological polar surface area (TPSA) is 46.9 Å². The van der Waals surface area contributed by atoms with Gasteiger partial charge in [0.25, 0.3) is 0 Å². The van der Waals surface area contributed by atoms with Crippen LogP contribution in [-0.4, -0.2) is 21.4 Å². The van der Waals surface area contributed by atoms with Crippen molar-refractivity contribution in [3.8, 4) is 0 Å². The van der Waals surface area contributed by atoms with Gasteiger partial charge in [-0.15, -0.1) is 11.8 Å². The van der Waals surface area contributed by atoms with E-state index in [1.165, 1.54) is 19.3 Å². The Hall–Kier alpha value is -1.75. The minimum absolute atomic E-state index is 0.0198. The standard InChI is InChI=1S/C17H21N3OS/c21-17(13-22-15-9-5-2-6-10-15)19-16-11-12-18-20(16)14-7-3-1-4-8-14/h2,5-6,9-12,14H,1,3-4,7-8,13H2,(H,19,21). The van der Waals surface area contributed by atoms with Gasteiger partial charge >= 0.3 is 0 Å². The number of nitrogens with one attached hydrogen (secondary N) is 1. The highest BCUT2D eigenvalue weighted by Gasteiger charge is 2.19. The second kappa shape index (κ2) is 7.49. The van der Waals surface area contributed by atoms with Crippen LogP contribution >= 0.6 is 11.8 Å². The number of hydrogen-bond donors (Lipinski definition) is 1. The summed E-state index contributed by atoms with van der Waals surface area (Å²) in [4.78, 5) is 13.3. The number of carbonyl (C=O) groups excluding carboxylic acids is 1. The number of thioether (sulfide) groups is 1. The monoisotopic (exact) mass is 315 g/mol. The Bertz CT molecular complexity index is 605. The number of aromatic nitrogens is 2. The van der Waals surface area contributed by atoms with Crippen molar-refractivity contribution >= 4 is 23.5 Å². The Labute approximate surface area is 135 Å². The Balaban J connectivity index is 1.56. The lowest BCUT2D eigenvalue weighted by Gasteiger charge is -2.23. The second-order valence-electron chi connectivity index (χ2n) is 5.60. The highest BCUT2D eigenvalue weighted by molar-refractivity contribution is 8.00. The van der Waals surface area contributed by atoms with Gasteiger partial charge in [0.2, 0.25) is 5.91 Å². The molecule has 0 bridgehead atoms. The first-order chi connectivity index (χ1) is 10.8. The fourth-order valence-corrected chi connectivity index (χ4v) is 3.59. The van der Waals surface area contributed by atoms with E-state index in [-0.39, 0.29) is 5.91 Å². The van der Waals surface area contributed by atoms with Crippen LogP contribution in [0.4, 0.5) is 5.82 Å². The molecule has 0 spiro atoms. The molecule has 3 rings (SSSR count). The molecule has 0 atom stereocenters. The summed E-state index contributed by atoms with van der Waals surface area (Å²) in [5, 5.41) is 7.41. The fourth-order valence-electron chi connectivity index (χ4n) is 2.87. The van der Waals surface area contributed by atoms with Crippen LogP contribution in [0.15, 0.2) is 47.5 Å². The van der Waals surface area contributed by atoms with Gasteiger partial charge < -0.3 is 5.32 Å². The van der Waals surface area contributed by atoms with E-state index in [2.05, 4.69) is 10.4 Å². The first-order valence-corrected chi connectivity index (χ1v) is 8.83. The molecule has 116 valence electrons. The largest absolute Gasteiger partial charge is 0.310 e. The molecule has 1 fully saturated rings. The maximum absolute atomic E-state index is 12.1. The summed E-state index contributed by atoms with van der Waals surface area (Å²) in [5.41, 5.74) is 0. The Kier molecular flexibility index (Phi) is 5.16.